The van der Waals surface area contributed by atoms with Crippen LogP contribution in [0.3, 0.4) is 0 Å². The molecule has 1 aromatic carbocycles. The van der Waals surface area contributed by atoms with Crippen LogP contribution in [0.1, 0.15) is 44.5 Å². The lowest BCUT2D eigenvalue weighted by Crippen LogP contribution is -2.42. The van der Waals surface area contributed by atoms with Crippen molar-refractivity contribution in [1.82, 2.24) is 0 Å². The molecule has 166 valence electrons. The number of benzene rings is 1. The molecule has 9 heteroatoms. The second-order valence-electron chi connectivity index (χ2n) is 7.45. The van der Waals surface area contributed by atoms with Crippen LogP contribution in [0, 0.1) is 6.92 Å². The Morgan fingerprint density at radius 2 is 2.00 bits per heavy atom. The first-order valence-corrected chi connectivity index (χ1v) is 10.9. The maximum atomic E-state index is 12.9. The normalized spacial score (nSPS) is 15.3. The van der Waals surface area contributed by atoms with Crippen LogP contribution >= 0.6 is 11.3 Å². The fraction of sp³-hybridized carbons (Fsp3) is 0.409. The summed E-state index contributed by atoms with van der Waals surface area (Å²) in [6.07, 6.45) is 1.92. The Kier molecular flexibility index (Phi) is 7.29. The van der Waals surface area contributed by atoms with Crippen molar-refractivity contribution >= 4 is 39.8 Å². The van der Waals surface area contributed by atoms with Crippen LogP contribution in [0.5, 0.6) is 0 Å². The molecule has 31 heavy (non-hydrogen) atoms. The average Bonchev–Trinajstić information content (AvgIpc) is 3.06. The first-order chi connectivity index (χ1) is 14.8. The third-order valence-corrected chi connectivity index (χ3v) is 6.55. The minimum Gasteiger partial charge on any atom is -0.460 e. The number of thiophene rings is 1. The van der Waals surface area contributed by atoms with Gasteiger partial charge in [0.05, 0.1) is 23.6 Å². The zero-order valence-electron chi connectivity index (χ0n) is 17.9. The fourth-order valence-electron chi connectivity index (χ4n) is 3.69. The molecule has 2 heterocycles. The van der Waals surface area contributed by atoms with Crippen molar-refractivity contribution in [2.45, 2.75) is 32.7 Å². The van der Waals surface area contributed by atoms with Crippen molar-refractivity contribution in [2.24, 2.45) is 5.73 Å². The highest BCUT2D eigenvalue weighted by Gasteiger charge is 2.28. The number of amides is 2. The number of nitrogens with one attached hydrogen (secondary N) is 1. The van der Waals surface area contributed by atoms with Crippen molar-refractivity contribution < 1.29 is 23.9 Å². The second-order valence-corrected chi connectivity index (χ2v) is 8.47. The first-order valence-electron chi connectivity index (χ1n) is 10.1. The van der Waals surface area contributed by atoms with E-state index in [2.05, 4.69) is 23.2 Å². The van der Waals surface area contributed by atoms with Gasteiger partial charge in [0.1, 0.15) is 11.6 Å². The molecule has 0 aliphatic carbocycles. The SMILES string of the molecule is COCCOC(=O)c1c(NC(=O)CN2c3ccccc3CC[C@H]2C)sc(C(N)=O)c1C. The summed E-state index contributed by atoms with van der Waals surface area (Å²) in [5.41, 5.74) is 8.24. The standard InChI is InChI=1S/C22H27N3O5S/c1-13-8-9-15-6-4-5-7-16(15)25(13)12-17(26)24-21-18(22(28)30-11-10-29-3)14(2)19(31-21)20(23)27/h4-7,13H,8-12H2,1-3H3,(H2,23,27)(H,24,26)/t13-/m1/s1. The van der Waals surface area contributed by atoms with E-state index in [0.717, 1.165) is 29.9 Å². The van der Waals surface area contributed by atoms with Gasteiger partial charge in [-0.15, -0.1) is 11.3 Å². The molecule has 1 aliphatic heterocycles. The van der Waals surface area contributed by atoms with Gasteiger partial charge >= 0.3 is 5.97 Å². The number of ether oxygens (including phenoxy) is 2. The number of methoxy groups -OCH3 is 1. The summed E-state index contributed by atoms with van der Waals surface area (Å²) in [5, 5.41) is 3.06. The summed E-state index contributed by atoms with van der Waals surface area (Å²) in [4.78, 5) is 39.6. The summed E-state index contributed by atoms with van der Waals surface area (Å²) >= 11 is 0.981. The molecular formula is C22H27N3O5S. The average molecular weight is 446 g/mol. The van der Waals surface area contributed by atoms with Crippen LogP contribution in [0.2, 0.25) is 0 Å². The van der Waals surface area contributed by atoms with Crippen molar-refractivity contribution in [1.29, 1.82) is 0 Å². The third-order valence-electron chi connectivity index (χ3n) is 5.33. The lowest BCUT2D eigenvalue weighted by Gasteiger charge is -2.36. The smallest absolute Gasteiger partial charge is 0.341 e. The molecule has 1 aromatic heterocycles. The molecule has 0 bridgehead atoms. The number of nitrogens with two attached hydrogens (primary N) is 1. The van der Waals surface area contributed by atoms with Crippen LogP contribution in [-0.4, -0.2) is 50.7 Å². The van der Waals surface area contributed by atoms with E-state index in [4.69, 9.17) is 15.2 Å². The minimum atomic E-state index is -0.660. The number of fused-ring (bicyclic) bond motifs is 1. The molecule has 0 spiro atoms. The largest absolute Gasteiger partial charge is 0.460 e. The van der Waals surface area contributed by atoms with E-state index in [1.165, 1.54) is 12.7 Å². The van der Waals surface area contributed by atoms with Gasteiger partial charge in [0, 0.05) is 18.8 Å². The van der Waals surface area contributed by atoms with Gasteiger partial charge in [-0.05, 0) is 43.9 Å². The fourth-order valence-corrected chi connectivity index (χ4v) is 4.76. The van der Waals surface area contributed by atoms with Crippen molar-refractivity contribution in [3.8, 4) is 0 Å². The van der Waals surface area contributed by atoms with Gasteiger partial charge in [-0.2, -0.15) is 0 Å². The second kappa shape index (κ2) is 9.93. The van der Waals surface area contributed by atoms with Crippen LogP contribution in [0.25, 0.3) is 0 Å². The Hall–Kier alpha value is -2.91. The number of hydrogen-bond acceptors (Lipinski definition) is 7. The number of primary amides is 1. The Bertz CT molecular complexity index is 988. The highest BCUT2D eigenvalue weighted by Crippen LogP contribution is 2.34. The number of aryl methyl sites for hydroxylation is 1. The van der Waals surface area contributed by atoms with E-state index in [0.29, 0.717) is 5.56 Å². The maximum absolute atomic E-state index is 12.9. The van der Waals surface area contributed by atoms with Gasteiger partial charge < -0.3 is 25.4 Å². The van der Waals surface area contributed by atoms with E-state index in [1.54, 1.807) is 6.92 Å². The molecule has 0 saturated heterocycles. The minimum absolute atomic E-state index is 0.0615. The van der Waals surface area contributed by atoms with E-state index in [1.807, 2.05) is 18.2 Å². The first kappa shape index (κ1) is 22.8. The van der Waals surface area contributed by atoms with Gasteiger partial charge in [0.25, 0.3) is 5.91 Å². The molecule has 1 aliphatic rings. The van der Waals surface area contributed by atoms with Gasteiger partial charge in [0.2, 0.25) is 5.91 Å². The predicted octanol–water partition coefficient (Wildman–Crippen LogP) is 2.74. The van der Waals surface area contributed by atoms with Crippen molar-refractivity contribution in [3.05, 3.63) is 45.8 Å². The molecule has 3 N–H and O–H groups in total. The van der Waals surface area contributed by atoms with Crippen LogP contribution < -0.4 is 16.0 Å². The monoisotopic (exact) mass is 445 g/mol. The summed E-state index contributed by atoms with van der Waals surface area (Å²) < 4.78 is 10.1. The summed E-state index contributed by atoms with van der Waals surface area (Å²) in [6.45, 7) is 4.13. The molecular weight excluding hydrogens is 418 g/mol. The van der Waals surface area contributed by atoms with E-state index >= 15 is 0 Å². The van der Waals surface area contributed by atoms with Crippen LogP contribution in [-0.2, 0) is 20.7 Å². The number of carbonyl (C=O) groups excluding carboxylic acids is 3. The molecule has 0 fully saturated rings. The number of anilines is 2. The molecule has 0 saturated carbocycles. The van der Waals surface area contributed by atoms with Crippen LogP contribution in [0.15, 0.2) is 24.3 Å². The molecule has 3 rings (SSSR count). The molecule has 0 unspecified atom stereocenters. The third kappa shape index (κ3) is 5.05. The molecule has 2 amide bonds. The Balaban J connectivity index is 1.81. The molecule has 1 atom stereocenters. The Morgan fingerprint density at radius 1 is 1.26 bits per heavy atom. The summed E-state index contributed by atoms with van der Waals surface area (Å²) in [7, 11) is 1.50. The van der Waals surface area contributed by atoms with E-state index in [-0.39, 0.29) is 47.1 Å². The van der Waals surface area contributed by atoms with Crippen molar-refractivity contribution in [2.75, 3.05) is 37.1 Å². The number of carbonyl (C=O) groups is 3. The zero-order chi connectivity index (χ0) is 22.5. The van der Waals surface area contributed by atoms with Crippen LogP contribution in [0.4, 0.5) is 10.7 Å². The quantitative estimate of drug-likeness (QED) is 0.477. The molecule has 8 nitrogen and oxygen atoms in total. The van der Waals surface area contributed by atoms with E-state index in [9.17, 15) is 14.4 Å². The van der Waals surface area contributed by atoms with Gasteiger partial charge in [-0.1, -0.05) is 18.2 Å². The maximum Gasteiger partial charge on any atom is 0.341 e. The molecule has 2 aromatic rings. The number of hydrogen-bond donors (Lipinski definition) is 2. The van der Waals surface area contributed by atoms with Gasteiger partial charge in [0.15, 0.2) is 0 Å². The number of para-hydroxylation sites is 1. The highest BCUT2D eigenvalue weighted by molar-refractivity contribution is 7.18. The predicted molar refractivity (Wildman–Crippen MR) is 120 cm³/mol. The lowest BCUT2D eigenvalue weighted by molar-refractivity contribution is -0.115. The Morgan fingerprint density at radius 3 is 2.71 bits per heavy atom. The van der Waals surface area contributed by atoms with Gasteiger partial charge in [-0.25, -0.2) is 4.79 Å². The number of esters is 1. The summed E-state index contributed by atoms with van der Waals surface area (Å²) in [5.74, 6) is -1.58. The summed E-state index contributed by atoms with van der Waals surface area (Å²) in [6, 6.07) is 8.23. The van der Waals surface area contributed by atoms with Crippen molar-refractivity contribution in [3.63, 3.8) is 0 Å². The number of rotatable bonds is 8. The zero-order valence-corrected chi connectivity index (χ0v) is 18.7. The molecule has 0 radical (unpaired) electrons. The Labute approximate surface area is 185 Å². The lowest BCUT2D eigenvalue weighted by atomic mass is 9.96. The number of nitrogens with zero attached hydrogens (tertiary/aromatic N) is 1. The van der Waals surface area contributed by atoms with Gasteiger partial charge in [-0.3, -0.25) is 9.59 Å². The van der Waals surface area contributed by atoms with E-state index < -0.39 is 11.9 Å². The highest BCUT2D eigenvalue weighted by atomic mass is 32.1. The topological polar surface area (TPSA) is 111 Å².